The molecule has 0 N–H and O–H groups in total. The quantitative estimate of drug-likeness (QED) is 0.346. The van der Waals surface area contributed by atoms with E-state index in [1.807, 2.05) is 26.0 Å². The highest BCUT2D eigenvalue weighted by atomic mass is 16.5. The Morgan fingerprint density at radius 1 is 0.919 bits per heavy atom. The molecule has 0 amide bonds. The van der Waals surface area contributed by atoms with E-state index in [2.05, 4.69) is 64.7 Å². The lowest BCUT2D eigenvalue weighted by Gasteiger charge is -2.23. The molecule has 0 aliphatic carbocycles. The lowest BCUT2D eigenvalue weighted by atomic mass is 9.96. The minimum Gasteiger partial charge on any atom is -0.497 e. The molecular formula is C31H34N2O4. The Morgan fingerprint density at radius 2 is 1.76 bits per heavy atom. The van der Waals surface area contributed by atoms with Gasteiger partial charge in [0.2, 0.25) is 0 Å². The zero-order valence-corrected chi connectivity index (χ0v) is 21.8. The lowest BCUT2D eigenvalue weighted by Crippen LogP contribution is -2.27. The third kappa shape index (κ3) is 6.21. The van der Waals surface area contributed by atoms with Crippen LogP contribution in [0.25, 0.3) is 11.1 Å². The fourth-order valence-corrected chi connectivity index (χ4v) is 4.93. The average Bonchev–Trinajstić information content (AvgIpc) is 3.24. The maximum Gasteiger partial charge on any atom is 0.141 e. The Labute approximate surface area is 218 Å². The molecule has 1 aromatic heterocycles. The standard InChI is InChI=1S/C31H34N2O4/c1-22-31(23(2)37-32-22)27-9-12-30-28(19-27)18-25-5-4-6-26(17-25)21-33(13-14-35-15-16-36-30)20-24-7-10-29(34-3)11-8-24/h4-12,17,19H,13-16,18,20-21H2,1-3H3. The van der Waals surface area contributed by atoms with Gasteiger partial charge in [0.05, 0.1) is 26.0 Å². The third-order valence-corrected chi connectivity index (χ3v) is 6.78. The normalized spacial score (nSPS) is 14.9. The molecule has 5 rings (SSSR count). The number of rotatable bonds is 4. The Bertz CT molecular complexity index is 1310. The monoisotopic (exact) mass is 498 g/mol. The van der Waals surface area contributed by atoms with Gasteiger partial charge in [-0.25, -0.2) is 0 Å². The van der Waals surface area contributed by atoms with Crippen LogP contribution in [-0.2, 0) is 24.2 Å². The molecule has 1 aliphatic rings. The number of aryl methyl sites for hydroxylation is 2. The number of hydrogen-bond acceptors (Lipinski definition) is 6. The lowest BCUT2D eigenvalue weighted by molar-refractivity contribution is 0.0757. The van der Waals surface area contributed by atoms with E-state index in [0.29, 0.717) is 19.8 Å². The Hall–Kier alpha value is -3.61. The van der Waals surface area contributed by atoms with Crippen LogP contribution >= 0.6 is 0 Å². The summed E-state index contributed by atoms with van der Waals surface area (Å²) in [4.78, 5) is 2.43. The zero-order valence-electron chi connectivity index (χ0n) is 21.8. The highest BCUT2D eigenvalue weighted by molar-refractivity contribution is 5.69. The number of nitrogens with zero attached hydrogens (tertiary/aromatic N) is 2. The molecule has 6 heteroatoms. The van der Waals surface area contributed by atoms with E-state index >= 15 is 0 Å². The molecule has 6 nitrogen and oxygen atoms in total. The SMILES string of the molecule is COc1ccc(CN2CCOCCOc3ccc(-c4c(C)noc4C)cc3Cc3cccc(c3)C2)cc1. The zero-order chi connectivity index (χ0) is 25.6. The second-order valence-electron chi connectivity index (χ2n) is 9.54. The second kappa shape index (κ2) is 11.6. The van der Waals surface area contributed by atoms with Crippen molar-refractivity contribution in [3.8, 4) is 22.6 Å². The first-order valence-electron chi connectivity index (χ1n) is 12.8. The summed E-state index contributed by atoms with van der Waals surface area (Å²) < 4.78 is 22.9. The highest BCUT2D eigenvalue weighted by Crippen LogP contribution is 2.32. The first kappa shape index (κ1) is 25.1. The molecule has 3 aromatic carbocycles. The number of aromatic nitrogens is 1. The van der Waals surface area contributed by atoms with Gasteiger partial charge in [0, 0.05) is 31.6 Å². The number of hydrogen-bond donors (Lipinski definition) is 0. The van der Waals surface area contributed by atoms with Gasteiger partial charge >= 0.3 is 0 Å². The number of ether oxygens (including phenoxy) is 3. The Morgan fingerprint density at radius 3 is 2.54 bits per heavy atom. The Balaban J connectivity index is 1.41. The maximum atomic E-state index is 6.19. The summed E-state index contributed by atoms with van der Waals surface area (Å²) in [6.07, 6.45) is 0.778. The van der Waals surface area contributed by atoms with Gasteiger partial charge in [-0.3, -0.25) is 4.90 Å². The van der Waals surface area contributed by atoms with Crippen LogP contribution < -0.4 is 9.47 Å². The summed E-state index contributed by atoms with van der Waals surface area (Å²) >= 11 is 0. The molecular weight excluding hydrogens is 464 g/mol. The third-order valence-electron chi connectivity index (χ3n) is 6.78. The molecule has 0 atom stereocenters. The summed E-state index contributed by atoms with van der Waals surface area (Å²) in [6, 6.07) is 23.5. The summed E-state index contributed by atoms with van der Waals surface area (Å²) in [5.74, 6) is 2.59. The van der Waals surface area contributed by atoms with E-state index in [0.717, 1.165) is 65.7 Å². The van der Waals surface area contributed by atoms with Crippen LogP contribution in [0.3, 0.4) is 0 Å². The van der Waals surface area contributed by atoms with Crippen LogP contribution in [-0.4, -0.2) is 43.5 Å². The molecule has 37 heavy (non-hydrogen) atoms. The predicted molar refractivity (Wildman–Crippen MR) is 144 cm³/mol. The molecule has 0 saturated carbocycles. The molecule has 2 bridgehead atoms. The van der Waals surface area contributed by atoms with Gasteiger partial charge < -0.3 is 18.7 Å². The van der Waals surface area contributed by atoms with E-state index < -0.39 is 0 Å². The van der Waals surface area contributed by atoms with Crippen molar-refractivity contribution >= 4 is 0 Å². The molecule has 0 spiro atoms. The maximum absolute atomic E-state index is 6.19. The first-order valence-corrected chi connectivity index (χ1v) is 12.8. The summed E-state index contributed by atoms with van der Waals surface area (Å²) in [5.41, 5.74) is 7.98. The van der Waals surface area contributed by atoms with Crippen LogP contribution in [0.1, 0.15) is 33.7 Å². The van der Waals surface area contributed by atoms with Gasteiger partial charge in [-0.05, 0) is 65.9 Å². The van der Waals surface area contributed by atoms with Crippen molar-refractivity contribution in [3.05, 3.63) is 100 Å². The number of benzene rings is 3. The molecule has 0 fully saturated rings. The van der Waals surface area contributed by atoms with Gasteiger partial charge in [0.1, 0.15) is 23.9 Å². The molecule has 4 aromatic rings. The van der Waals surface area contributed by atoms with Crippen molar-refractivity contribution in [3.63, 3.8) is 0 Å². The first-order chi connectivity index (χ1) is 18.1. The topological polar surface area (TPSA) is 57.0 Å². The Kier molecular flexibility index (Phi) is 7.87. The molecule has 1 aliphatic heterocycles. The smallest absolute Gasteiger partial charge is 0.141 e. The number of fused-ring (bicyclic) bond motifs is 3. The number of methoxy groups -OCH3 is 1. The minimum atomic E-state index is 0.510. The van der Waals surface area contributed by atoms with E-state index in [-0.39, 0.29) is 0 Å². The van der Waals surface area contributed by atoms with Crippen molar-refractivity contribution < 1.29 is 18.7 Å². The highest BCUT2D eigenvalue weighted by Gasteiger charge is 2.16. The largest absolute Gasteiger partial charge is 0.497 e. The van der Waals surface area contributed by atoms with Gasteiger partial charge in [0.25, 0.3) is 0 Å². The molecule has 2 heterocycles. The van der Waals surface area contributed by atoms with Crippen molar-refractivity contribution in [2.45, 2.75) is 33.4 Å². The fourth-order valence-electron chi connectivity index (χ4n) is 4.93. The van der Waals surface area contributed by atoms with Crippen molar-refractivity contribution in [1.29, 1.82) is 0 Å². The van der Waals surface area contributed by atoms with Crippen molar-refractivity contribution in [2.24, 2.45) is 0 Å². The van der Waals surface area contributed by atoms with Crippen molar-refractivity contribution in [1.82, 2.24) is 10.1 Å². The van der Waals surface area contributed by atoms with Crippen molar-refractivity contribution in [2.75, 3.05) is 33.5 Å². The van der Waals surface area contributed by atoms with Crippen LogP contribution in [0.4, 0.5) is 0 Å². The van der Waals surface area contributed by atoms with Gasteiger partial charge in [-0.15, -0.1) is 0 Å². The van der Waals surface area contributed by atoms with Crippen LogP contribution in [0.15, 0.2) is 71.3 Å². The summed E-state index contributed by atoms with van der Waals surface area (Å²) in [7, 11) is 1.69. The van der Waals surface area contributed by atoms with Crippen LogP contribution in [0.5, 0.6) is 11.5 Å². The summed E-state index contributed by atoms with van der Waals surface area (Å²) in [6.45, 7) is 8.18. The molecule has 192 valence electrons. The minimum absolute atomic E-state index is 0.510. The molecule has 0 unspecified atom stereocenters. The van der Waals surface area contributed by atoms with Crippen LogP contribution in [0, 0.1) is 13.8 Å². The van der Waals surface area contributed by atoms with E-state index in [9.17, 15) is 0 Å². The fraction of sp³-hybridized carbons (Fsp3) is 0.323. The second-order valence-corrected chi connectivity index (χ2v) is 9.54. The van der Waals surface area contributed by atoms with E-state index in [4.69, 9.17) is 18.7 Å². The summed E-state index contributed by atoms with van der Waals surface area (Å²) in [5, 5.41) is 4.14. The predicted octanol–water partition coefficient (Wildman–Crippen LogP) is 5.97. The van der Waals surface area contributed by atoms with E-state index in [1.54, 1.807) is 7.11 Å². The van der Waals surface area contributed by atoms with Gasteiger partial charge in [-0.1, -0.05) is 47.6 Å². The average molecular weight is 499 g/mol. The van der Waals surface area contributed by atoms with E-state index in [1.165, 1.54) is 16.7 Å². The van der Waals surface area contributed by atoms with Gasteiger partial charge in [-0.2, -0.15) is 0 Å². The molecule has 0 radical (unpaired) electrons. The van der Waals surface area contributed by atoms with Gasteiger partial charge in [0.15, 0.2) is 0 Å². The van der Waals surface area contributed by atoms with Crippen LogP contribution in [0.2, 0.25) is 0 Å². The molecule has 0 saturated heterocycles.